The Hall–Kier alpha value is -0.530. The normalized spacial score (nSPS) is 12.3. The van der Waals surface area contributed by atoms with Gasteiger partial charge in [0, 0.05) is 0 Å². The molecule has 0 radical (unpaired) electrons. The zero-order valence-electron chi connectivity index (χ0n) is 28.1. The molecule has 0 bridgehead atoms. The first-order valence-corrected chi connectivity index (χ1v) is 18.0. The van der Waals surface area contributed by atoms with Gasteiger partial charge in [0.25, 0.3) is 0 Å². The van der Waals surface area contributed by atoms with Gasteiger partial charge in [-0.05, 0) is 37.8 Å². The molecule has 0 aliphatic heterocycles. The van der Waals surface area contributed by atoms with Crippen molar-refractivity contribution in [1.82, 2.24) is 0 Å². The second-order valence-corrected chi connectivity index (χ2v) is 12.8. The molecule has 40 heavy (non-hydrogen) atoms. The van der Waals surface area contributed by atoms with Crippen LogP contribution < -0.4 is 12.4 Å². The predicted octanol–water partition coefficient (Wildman–Crippen LogP) is 10.6. The summed E-state index contributed by atoms with van der Waals surface area (Å²) in [7, 11) is 4.52. The van der Waals surface area contributed by atoms with Gasteiger partial charge in [0.2, 0.25) is 0 Å². The molecule has 0 atom stereocenters. The van der Waals surface area contributed by atoms with E-state index in [1.54, 1.807) is 0 Å². The first kappa shape index (κ1) is 41.6. The maximum absolute atomic E-state index is 2.39. The molecule has 0 fully saturated rings. The highest BCUT2D eigenvalue weighted by molar-refractivity contribution is 5.00. The van der Waals surface area contributed by atoms with E-state index in [9.17, 15) is 0 Å². The molecule has 238 valence electrons. The molecular formula is C38H74ClN. The van der Waals surface area contributed by atoms with Gasteiger partial charge in [-0.15, -0.1) is 0 Å². The highest BCUT2D eigenvalue weighted by atomic mass is 35.5. The summed E-state index contributed by atoms with van der Waals surface area (Å²) in [6, 6.07) is 0. The molecule has 0 unspecified atom stereocenters. The van der Waals surface area contributed by atoms with Crippen molar-refractivity contribution in [3.8, 4) is 0 Å². The number of nitrogens with zero attached hydrogens (tertiary/aromatic N) is 1. The molecule has 0 saturated carbocycles. The van der Waals surface area contributed by atoms with Crippen LogP contribution in [-0.4, -0.2) is 18.6 Å². The molecule has 0 saturated heterocycles. The lowest BCUT2D eigenvalue weighted by molar-refractivity contribution is -0.784. The number of quaternary nitrogens is 1. The van der Waals surface area contributed by atoms with Gasteiger partial charge < -0.3 is 12.4 Å². The molecule has 0 rings (SSSR count). The van der Waals surface area contributed by atoms with Gasteiger partial charge in [-0.25, -0.2) is 0 Å². The summed E-state index contributed by atoms with van der Waals surface area (Å²) in [6.45, 7) is 4.60. The van der Waals surface area contributed by atoms with Gasteiger partial charge in [0.1, 0.15) is 0 Å². The molecule has 0 aromatic rings. The van der Waals surface area contributed by atoms with Crippen LogP contribution in [0.25, 0.3) is 0 Å². The van der Waals surface area contributed by atoms with Gasteiger partial charge in [0.05, 0.1) is 26.5 Å². The van der Waals surface area contributed by atoms with Crippen molar-refractivity contribution in [3.63, 3.8) is 0 Å². The number of rotatable bonds is 31. The molecule has 0 aliphatic carbocycles. The lowest BCUT2D eigenvalue weighted by atomic mass is 10.0. The Kier molecular flexibility index (Phi) is 36.1. The molecule has 0 aromatic carbocycles. The van der Waals surface area contributed by atoms with Crippen LogP contribution in [-0.2, 0) is 0 Å². The van der Waals surface area contributed by atoms with Crippen LogP contribution in [0, 0.1) is 0 Å². The minimum Gasteiger partial charge on any atom is -1.00 e. The number of hydrogen-bond acceptors (Lipinski definition) is 0. The van der Waals surface area contributed by atoms with E-state index in [0.29, 0.717) is 0 Å². The Bertz CT molecular complexity index is 548. The summed E-state index contributed by atoms with van der Waals surface area (Å²) in [6.07, 6.45) is 53.5. The first-order valence-electron chi connectivity index (χ1n) is 18.0. The molecule has 0 spiro atoms. The molecule has 1 nitrogen and oxygen atoms in total. The maximum Gasteiger partial charge on any atom is 0.1000 e. The van der Waals surface area contributed by atoms with E-state index >= 15 is 0 Å². The van der Waals surface area contributed by atoms with Crippen molar-refractivity contribution in [2.75, 3.05) is 14.1 Å². The smallest absolute Gasteiger partial charge is 0.1000 e. The zero-order valence-corrected chi connectivity index (χ0v) is 28.8. The fourth-order valence-corrected chi connectivity index (χ4v) is 5.40. The number of allylic oxidation sites excluding steroid dienone is 4. The summed E-state index contributed by atoms with van der Waals surface area (Å²) in [5, 5.41) is 0. The third-order valence-electron chi connectivity index (χ3n) is 8.16. The topological polar surface area (TPSA) is 0 Å². The lowest BCUT2D eigenvalue weighted by Crippen LogP contribution is -3.00. The third-order valence-corrected chi connectivity index (χ3v) is 8.16. The van der Waals surface area contributed by atoms with E-state index in [4.69, 9.17) is 0 Å². The van der Waals surface area contributed by atoms with Gasteiger partial charge in [-0.3, -0.25) is 4.48 Å². The van der Waals surface area contributed by atoms with E-state index in [1.807, 2.05) is 0 Å². The van der Waals surface area contributed by atoms with Crippen LogP contribution in [0.15, 0.2) is 36.7 Å². The van der Waals surface area contributed by atoms with Crippen molar-refractivity contribution < 1.29 is 16.9 Å². The summed E-state index contributed by atoms with van der Waals surface area (Å²) in [4.78, 5) is 0. The molecule has 0 heterocycles. The molecule has 2 heteroatoms. The summed E-state index contributed by atoms with van der Waals surface area (Å²) in [5.41, 5.74) is 0. The van der Waals surface area contributed by atoms with Crippen molar-refractivity contribution in [2.24, 2.45) is 0 Å². The molecule has 0 amide bonds. The van der Waals surface area contributed by atoms with E-state index in [0.717, 1.165) is 4.48 Å². The minimum absolute atomic E-state index is 0. The van der Waals surface area contributed by atoms with E-state index in [-0.39, 0.29) is 12.4 Å². The quantitative estimate of drug-likeness (QED) is 0.0435. The average molecular weight is 580 g/mol. The van der Waals surface area contributed by atoms with Gasteiger partial charge in [-0.1, -0.05) is 180 Å². The standard InChI is InChI=1S/C38H74N.ClH/c1-5-7-9-11-13-15-17-19-21-23-25-27-29-31-33-35-37-39(3,4)38-36-34-32-30-28-26-24-22-20-18-16-14-12-10-8-6-2;/h31,33,35-38H,5-30,32,34H2,1-4H3;1H/q+1;/p-1. The summed E-state index contributed by atoms with van der Waals surface area (Å²) < 4.78 is 0.835. The van der Waals surface area contributed by atoms with Crippen LogP contribution in [0.2, 0.25) is 0 Å². The summed E-state index contributed by atoms with van der Waals surface area (Å²) in [5.74, 6) is 0. The molecular weight excluding hydrogens is 506 g/mol. The van der Waals surface area contributed by atoms with E-state index in [1.165, 1.54) is 180 Å². The van der Waals surface area contributed by atoms with Crippen LogP contribution in [0.1, 0.15) is 194 Å². The predicted molar refractivity (Wildman–Crippen MR) is 180 cm³/mol. The first-order chi connectivity index (χ1) is 19.1. The summed E-state index contributed by atoms with van der Waals surface area (Å²) >= 11 is 0. The van der Waals surface area contributed by atoms with Gasteiger partial charge >= 0.3 is 0 Å². The maximum atomic E-state index is 2.39. The monoisotopic (exact) mass is 580 g/mol. The Balaban J connectivity index is 0. The average Bonchev–Trinajstić information content (AvgIpc) is 2.92. The highest BCUT2D eigenvalue weighted by Crippen LogP contribution is 2.15. The second-order valence-electron chi connectivity index (χ2n) is 12.8. The van der Waals surface area contributed by atoms with E-state index in [2.05, 4.69) is 64.6 Å². The second kappa shape index (κ2) is 34.7. The Morgan fingerprint density at radius 3 is 1.00 bits per heavy atom. The lowest BCUT2D eigenvalue weighted by Gasteiger charge is -2.18. The van der Waals surface area contributed by atoms with Crippen LogP contribution >= 0.6 is 0 Å². The van der Waals surface area contributed by atoms with Crippen molar-refractivity contribution >= 4 is 0 Å². The van der Waals surface area contributed by atoms with Crippen molar-refractivity contribution in [3.05, 3.63) is 36.7 Å². The minimum atomic E-state index is 0. The number of halogens is 1. The number of unbranched alkanes of at least 4 members (excludes halogenated alkanes) is 26. The largest absolute Gasteiger partial charge is 1.00 e. The SMILES string of the molecule is CCCCCCCCCCCCCCC=CC=C[N+](C)(C)C=CCCCCCCCCCCCCCCCC.[Cl-]. The Morgan fingerprint density at radius 2 is 0.650 bits per heavy atom. The van der Waals surface area contributed by atoms with Crippen LogP contribution in [0.5, 0.6) is 0 Å². The highest BCUT2D eigenvalue weighted by Gasteiger charge is 2.04. The molecule has 0 aromatic heterocycles. The van der Waals surface area contributed by atoms with Crippen LogP contribution in [0.3, 0.4) is 0 Å². The molecule has 0 aliphatic rings. The fraction of sp³-hybridized carbons (Fsp3) is 0.842. The third kappa shape index (κ3) is 35.5. The fourth-order valence-electron chi connectivity index (χ4n) is 5.40. The van der Waals surface area contributed by atoms with Gasteiger partial charge in [0.15, 0.2) is 0 Å². The Labute approximate surface area is 260 Å². The zero-order chi connectivity index (χ0) is 28.5. The van der Waals surface area contributed by atoms with Crippen molar-refractivity contribution in [2.45, 2.75) is 194 Å². The van der Waals surface area contributed by atoms with Crippen molar-refractivity contribution in [1.29, 1.82) is 0 Å². The van der Waals surface area contributed by atoms with Crippen LogP contribution in [0.4, 0.5) is 0 Å². The Morgan fingerprint density at radius 1 is 0.350 bits per heavy atom. The van der Waals surface area contributed by atoms with E-state index < -0.39 is 0 Å². The molecule has 0 N–H and O–H groups in total. The van der Waals surface area contributed by atoms with Gasteiger partial charge in [-0.2, -0.15) is 0 Å². The number of hydrogen-bond donors (Lipinski definition) is 0.